The molecule has 32 heavy (non-hydrogen) atoms. The molecule has 0 aromatic carbocycles. The Morgan fingerprint density at radius 2 is 2.00 bits per heavy atom. The number of hydrogen-bond donors (Lipinski definition) is 2. The number of aliphatic hydroxyl groups is 1. The van der Waals surface area contributed by atoms with Crippen molar-refractivity contribution in [2.75, 3.05) is 19.6 Å². The topological polar surface area (TPSA) is 71.9 Å². The zero-order valence-electron chi connectivity index (χ0n) is 19.7. The average molecular weight is 441 g/mol. The fraction of sp³-hybridized carbons (Fsp3) is 0.769. The molecule has 1 aromatic rings. The predicted molar refractivity (Wildman–Crippen MR) is 127 cm³/mol. The van der Waals surface area contributed by atoms with Crippen LogP contribution in [0.2, 0.25) is 0 Å². The highest BCUT2D eigenvalue weighted by molar-refractivity contribution is 5.78. The van der Waals surface area contributed by atoms with Gasteiger partial charge in [-0.15, -0.1) is 0 Å². The van der Waals surface area contributed by atoms with Crippen LogP contribution in [0.3, 0.4) is 0 Å². The van der Waals surface area contributed by atoms with Gasteiger partial charge in [-0.05, 0) is 37.7 Å². The van der Waals surface area contributed by atoms with Gasteiger partial charge in [-0.25, -0.2) is 4.99 Å². The standard InChI is InChI=1S/C26H40N4O2/c1-20(15-21-7-3-2-4-8-21)24(31)30-14-12-26(32,25(17-30)10-5-6-11-25)18-29-16-22-9-13-27-23(22)28-19-29/h9,13,19-21,27,32H,2-8,10-12,14-18H2,1H3/t20-,26?/m1/s1. The largest absolute Gasteiger partial charge is 0.387 e. The minimum atomic E-state index is -0.771. The smallest absolute Gasteiger partial charge is 0.225 e. The molecule has 2 aliphatic heterocycles. The van der Waals surface area contributed by atoms with Crippen molar-refractivity contribution in [2.24, 2.45) is 22.2 Å². The number of aliphatic imine (C=N–C) groups is 1. The van der Waals surface area contributed by atoms with Crippen molar-refractivity contribution in [1.82, 2.24) is 14.8 Å². The molecule has 2 atom stereocenters. The van der Waals surface area contributed by atoms with E-state index < -0.39 is 5.60 Å². The highest BCUT2D eigenvalue weighted by atomic mass is 16.3. The molecule has 2 aliphatic carbocycles. The summed E-state index contributed by atoms with van der Waals surface area (Å²) in [5.74, 6) is 2.07. The number of likely N-dealkylation sites (tertiary alicyclic amines) is 1. The molecule has 0 radical (unpaired) electrons. The van der Waals surface area contributed by atoms with E-state index in [0.717, 1.165) is 56.9 Å². The van der Waals surface area contributed by atoms with Crippen LogP contribution in [-0.2, 0) is 11.3 Å². The van der Waals surface area contributed by atoms with Crippen LogP contribution >= 0.6 is 0 Å². The van der Waals surface area contributed by atoms with Crippen molar-refractivity contribution in [3.05, 3.63) is 17.8 Å². The van der Waals surface area contributed by atoms with Crippen molar-refractivity contribution >= 4 is 18.1 Å². The summed E-state index contributed by atoms with van der Waals surface area (Å²) < 4.78 is 0. The molecule has 2 N–H and O–H groups in total. The van der Waals surface area contributed by atoms with E-state index in [4.69, 9.17) is 0 Å². The number of H-pyrrole nitrogens is 1. The maximum Gasteiger partial charge on any atom is 0.225 e. The molecule has 5 rings (SSSR count). The number of β-amino-alcohol motifs (C(OH)–C–C–N with tert-alkyl or cyclic N) is 1. The lowest BCUT2D eigenvalue weighted by atomic mass is 9.65. The molecule has 1 amide bonds. The average Bonchev–Trinajstić information content (AvgIpc) is 3.46. The number of aromatic amines is 1. The van der Waals surface area contributed by atoms with Gasteiger partial charge in [0, 0.05) is 49.3 Å². The maximum absolute atomic E-state index is 13.4. The Hall–Kier alpha value is -1.82. The summed E-state index contributed by atoms with van der Waals surface area (Å²) in [5.41, 5.74) is 0.227. The van der Waals surface area contributed by atoms with Gasteiger partial charge in [0.05, 0.1) is 11.9 Å². The Morgan fingerprint density at radius 1 is 1.22 bits per heavy atom. The number of piperidine rings is 1. The van der Waals surface area contributed by atoms with E-state index in [1.54, 1.807) is 0 Å². The third-order valence-electron chi connectivity index (χ3n) is 8.98. The summed E-state index contributed by atoms with van der Waals surface area (Å²) in [5, 5.41) is 12.0. The van der Waals surface area contributed by atoms with Gasteiger partial charge in [0.25, 0.3) is 0 Å². The van der Waals surface area contributed by atoms with E-state index in [1.165, 1.54) is 37.7 Å². The molecular weight excluding hydrogens is 400 g/mol. The van der Waals surface area contributed by atoms with E-state index in [1.807, 2.05) is 12.5 Å². The Labute approximate surface area is 192 Å². The van der Waals surface area contributed by atoms with Crippen molar-refractivity contribution in [3.63, 3.8) is 0 Å². The summed E-state index contributed by atoms with van der Waals surface area (Å²) in [4.78, 5) is 25.4. The van der Waals surface area contributed by atoms with Crippen LogP contribution in [0.5, 0.6) is 0 Å². The van der Waals surface area contributed by atoms with Crippen molar-refractivity contribution in [2.45, 2.75) is 89.7 Å². The number of nitrogens with zero attached hydrogens (tertiary/aromatic N) is 3. The molecule has 2 saturated carbocycles. The fourth-order valence-electron chi connectivity index (χ4n) is 7.09. The van der Waals surface area contributed by atoms with Gasteiger partial charge in [-0.1, -0.05) is 51.9 Å². The highest BCUT2D eigenvalue weighted by Gasteiger charge is 2.56. The minimum Gasteiger partial charge on any atom is -0.387 e. The Bertz CT molecular complexity index is 837. The first-order valence-corrected chi connectivity index (χ1v) is 12.9. The number of nitrogens with one attached hydrogen (secondary N) is 1. The van der Waals surface area contributed by atoms with E-state index in [-0.39, 0.29) is 11.3 Å². The number of aromatic nitrogens is 1. The molecule has 1 spiro atoms. The van der Waals surface area contributed by atoms with Crippen molar-refractivity contribution < 1.29 is 9.90 Å². The molecule has 4 aliphatic rings. The Morgan fingerprint density at radius 3 is 2.78 bits per heavy atom. The van der Waals surface area contributed by atoms with E-state index >= 15 is 0 Å². The fourth-order valence-corrected chi connectivity index (χ4v) is 7.09. The number of hydrogen-bond acceptors (Lipinski definition) is 4. The Kier molecular flexibility index (Phi) is 6.08. The summed E-state index contributed by atoms with van der Waals surface area (Å²) in [7, 11) is 0. The maximum atomic E-state index is 13.4. The molecular formula is C26H40N4O2. The monoisotopic (exact) mass is 440 g/mol. The van der Waals surface area contributed by atoms with Gasteiger partial charge in [0.2, 0.25) is 5.91 Å². The molecule has 6 nitrogen and oxygen atoms in total. The van der Waals surface area contributed by atoms with Crippen LogP contribution in [0.15, 0.2) is 17.3 Å². The van der Waals surface area contributed by atoms with Crippen molar-refractivity contribution in [1.29, 1.82) is 0 Å². The number of rotatable bonds is 5. The van der Waals surface area contributed by atoms with Crippen LogP contribution in [0.1, 0.15) is 83.1 Å². The lowest BCUT2D eigenvalue weighted by Crippen LogP contribution is -2.64. The molecule has 3 heterocycles. The van der Waals surface area contributed by atoms with E-state index in [2.05, 4.69) is 32.8 Å². The zero-order chi connectivity index (χ0) is 22.2. The lowest BCUT2D eigenvalue weighted by Gasteiger charge is -2.54. The molecule has 0 bridgehead atoms. The highest BCUT2D eigenvalue weighted by Crippen LogP contribution is 2.51. The van der Waals surface area contributed by atoms with Gasteiger partial charge >= 0.3 is 0 Å². The molecule has 3 fully saturated rings. The Balaban J connectivity index is 1.26. The minimum absolute atomic E-state index is 0.101. The van der Waals surface area contributed by atoms with Gasteiger partial charge < -0.3 is 19.9 Å². The summed E-state index contributed by atoms with van der Waals surface area (Å²) >= 11 is 0. The third kappa shape index (κ3) is 4.11. The van der Waals surface area contributed by atoms with Crippen LogP contribution in [0.25, 0.3) is 0 Å². The molecule has 176 valence electrons. The molecule has 1 aromatic heterocycles. The second-order valence-electron chi connectivity index (χ2n) is 11.2. The number of amides is 1. The van der Waals surface area contributed by atoms with Gasteiger partial charge in [0.15, 0.2) is 0 Å². The predicted octanol–water partition coefficient (Wildman–Crippen LogP) is 4.62. The molecule has 1 saturated heterocycles. The van der Waals surface area contributed by atoms with Gasteiger partial charge in [-0.3, -0.25) is 4.79 Å². The first-order valence-electron chi connectivity index (χ1n) is 12.9. The number of fused-ring (bicyclic) bond motifs is 1. The van der Waals surface area contributed by atoms with Gasteiger partial charge in [-0.2, -0.15) is 0 Å². The summed E-state index contributed by atoms with van der Waals surface area (Å²) in [6, 6.07) is 2.07. The molecule has 6 heteroatoms. The zero-order valence-corrected chi connectivity index (χ0v) is 19.7. The van der Waals surface area contributed by atoms with Crippen LogP contribution in [0, 0.1) is 17.3 Å². The SMILES string of the molecule is C[C@H](CC1CCCCC1)C(=O)N1CCC(O)(CN2C=Nc3[nH]ccc3C2)C2(CCCC2)C1. The van der Waals surface area contributed by atoms with E-state index in [0.29, 0.717) is 25.4 Å². The van der Waals surface area contributed by atoms with Gasteiger partial charge in [0.1, 0.15) is 5.82 Å². The van der Waals surface area contributed by atoms with E-state index in [9.17, 15) is 9.90 Å². The van der Waals surface area contributed by atoms with Crippen LogP contribution in [0.4, 0.5) is 5.82 Å². The number of carbonyl (C=O) groups is 1. The van der Waals surface area contributed by atoms with Crippen LogP contribution in [-0.4, -0.2) is 57.4 Å². The number of carbonyl (C=O) groups excluding carboxylic acids is 1. The van der Waals surface area contributed by atoms with Crippen LogP contribution < -0.4 is 0 Å². The lowest BCUT2D eigenvalue weighted by molar-refractivity contribution is -0.162. The summed E-state index contributed by atoms with van der Waals surface area (Å²) in [6.45, 7) is 4.91. The quantitative estimate of drug-likeness (QED) is 0.702. The first-order chi connectivity index (χ1) is 15.5. The summed E-state index contributed by atoms with van der Waals surface area (Å²) in [6.07, 6.45) is 16.5. The second-order valence-corrected chi connectivity index (χ2v) is 11.2. The normalized spacial score (nSPS) is 28.8. The third-order valence-corrected chi connectivity index (χ3v) is 8.98. The first kappa shape index (κ1) is 22.0. The molecule has 1 unspecified atom stereocenters. The van der Waals surface area contributed by atoms with Crippen molar-refractivity contribution in [3.8, 4) is 0 Å². The second kappa shape index (κ2) is 8.85.